The number of rotatable bonds is 22. The van der Waals surface area contributed by atoms with Gasteiger partial charge in [0.15, 0.2) is 0 Å². The number of carbonyl (C=O) groups is 6. The van der Waals surface area contributed by atoms with Crippen LogP contribution in [0.5, 0.6) is 0 Å². The van der Waals surface area contributed by atoms with Gasteiger partial charge in [-0.25, -0.2) is 28.9 Å². The average molecular weight is 629 g/mol. The molecule has 0 radical (unpaired) electrons. The molecule has 0 aliphatic carbocycles. The molecular formula is C27H36N2O15. The molecule has 1 rings (SSSR count). The van der Waals surface area contributed by atoms with E-state index in [2.05, 4.69) is 26.3 Å². The molecule has 5 unspecified atom stereocenters. The van der Waals surface area contributed by atoms with Crippen LogP contribution in [0.25, 0.3) is 0 Å². The Labute approximate surface area is 252 Å². The predicted molar refractivity (Wildman–Crippen MR) is 146 cm³/mol. The van der Waals surface area contributed by atoms with Crippen molar-refractivity contribution in [3.8, 4) is 0 Å². The molecule has 0 aromatic carbocycles. The second kappa shape index (κ2) is 18.3. The first-order valence-corrected chi connectivity index (χ1v) is 12.9. The summed E-state index contributed by atoms with van der Waals surface area (Å²) in [5.74, 6) is -5.94. The Bertz CT molecular complexity index is 1040. The molecule has 0 spiro atoms. The SMILES string of the molecule is C=CC(=O)OCC(O)CN(CC(O)COC(=O)C=C)C(=O)C1(N(CC(O)COC(=O)C=C)CC(O)COC(=O)C=C)OC1=O. The highest BCUT2D eigenvalue weighted by molar-refractivity contribution is 6.15. The Kier molecular flexibility index (Phi) is 15.6. The summed E-state index contributed by atoms with van der Waals surface area (Å²) in [4.78, 5) is 73.8. The quantitative estimate of drug-likeness (QED) is 0.0302. The smallest absolute Gasteiger partial charge is 0.379 e. The van der Waals surface area contributed by atoms with E-state index in [0.29, 0.717) is 0 Å². The summed E-state index contributed by atoms with van der Waals surface area (Å²) in [7, 11) is 0. The van der Waals surface area contributed by atoms with E-state index < -0.39 is 119 Å². The van der Waals surface area contributed by atoms with Crippen LogP contribution in [-0.2, 0) is 52.5 Å². The number of ether oxygens (including phenoxy) is 5. The molecular weight excluding hydrogens is 592 g/mol. The maximum Gasteiger partial charge on any atom is 0.379 e. The van der Waals surface area contributed by atoms with Crippen LogP contribution in [0.15, 0.2) is 50.6 Å². The maximum atomic E-state index is 13.8. The summed E-state index contributed by atoms with van der Waals surface area (Å²) >= 11 is 0. The number of nitrogens with zero attached hydrogens (tertiary/aromatic N) is 2. The van der Waals surface area contributed by atoms with Gasteiger partial charge in [-0.3, -0.25) is 4.79 Å². The van der Waals surface area contributed by atoms with Gasteiger partial charge in [0.25, 0.3) is 5.91 Å². The standard InChI is InChI=1S/C27H36N2O15/c1-5-21(34)40-13-17(30)9-28(10-18(31)14-41-22(35)6-2)25(38)27(26(39)44-27)29(11-19(32)15-42-23(36)7-3)12-20(33)16-43-24(37)8-4/h5-8,17-20,30-33H,1-4,9-16H2. The van der Waals surface area contributed by atoms with Gasteiger partial charge in [-0.2, -0.15) is 0 Å². The number of epoxide rings is 1. The van der Waals surface area contributed by atoms with E-state index in [9.17, 15) is 49.2 Å². The zero-order valence-corrected chi connectivity index (χ0v) is 23.8. The van der Waals surface area contributed by atoms with Crippen molar-refractivity contribution in [2.45, 2.75) is 30.1 Å². The van der Waals surface area contributed by atoms with Gasteiger partial charge < -0.3 is 49.0 Å². The first kappa shape index (κ1) is 37.6. The molecule has 1 aliphatic heterocycles. The molecule has 244 valence electrons. The molecule has 17 nitrogen and oxygen atoms in total. The Hall–Kier alpha value is -4.42. The van der Waals surface area contributed by atoms with E-state index in [1.807, 2.05) is 0 Å². The number of carbonyl (C=O) groups excluding carboxylic acids is 6. The van der Waals surface area contributed by atoms with Gasteiger partial charge in [-0.1, -0.05) is 26.3 Å². The molecule has 1 saturated heterocycles. The second-order valence-electron chi connectivity index (χ2n) is 9.10. The number of hydrogen-bond donors (Lipinski definition) is 4. The minimum atomic E-state index is -2.54. The van der Waals surface area contributed by atoms with Crippen LogP contribution in [0.4, 0.5) is 0 Å². The average Bonchev–Trinajstić information content (AvgIpc) is 3.70. The van der Waals surface area contributed by atoms with Crippen molar-refractivity contribution in [3.63, 3.8) is 0 Å². The van der Waals surface area contributed by atoms with Crippen molar-refractivity contribution in [1.29, 1.82) is 0 Å². The molecule has 1 heterocycles. The molecule has 0 aromatic heterocycles. The lowest BCUT2D eigenvalue weighted by atomic mass is 10.1. The monoisotopic (exact) mass is 628 g/mol. The number of cyclic esters (lactones) is 1. The van der Waals surface area contributed by atoms with Crippen molar-refractivity contribution in [1.82, 2.24) is 9.80 Å². The molecule has 0 saturated carbocycles. The Morgan fingerprint density at radius 3 is 1.16 bits per heavy atom. The fraction of sp³-hybridized carbons (Fsp3) is 0.481. The van der Waals surface area contributed by atoms with Gasteiger partial charge in [-0.15, -0.1) is 0 Å². The summed E-state index contributed by atoms with van der Waals surface area (Å²) in [6.07, 6.45) is -2.97. The molecule has 17 heteroatoms. The zero-order valence-electron chi connectivity index (χ0n) is 23.8. The third-order valence-corrected chi connectivity index (χ3v) is 5.56. The molecule has 1 fully saturated rings. The molecule has 0 aromatic rings. The summed E-state index contributed by atoms with van der Waals surface area (Å²) in [5, 5.41) is 41.9. The largest absolute Gasteiger partial charge is 0.460 e. The van der Waals surface area contributed by atoms with Crippen LogP contribution in [0.1, 0.15) is 0 Å². The highest BCUT2D eigenvalue weighted by atomic mass is 16.7. The highest BCUT2D eigenvalue weighted by Gasteiger charge is 2.70. The molecule has 4 N–H and O–H groups in total. The Balaban J connectivity index is 3.33. The summed E-state index contributed by atoms with van der Waals surface area (Å²) in [6.45, 7) is 7.71. The molecule has 1 amide bonds. The molecule has 0 bridgehead atoms. The molecule has 1 aliphatic rings. The van der Waals surface area contributed by atoms with Gasteiger partial charge >= 0.3 is 35.6 Å². The number of esters is 4. The third-order valence-electron chi connectivity index (χ3n) is 5.56. The van der Waals surface area contributed by atoms with E-state index in [-0.39, 0.29) is 0 Å². The summed E-state index contributed by atoms with van der Waals surface area (Å²) < 4.78 is 24.1. The topological polar surface area (TPSA) is 239 Å². The van der Waals surface area contributed by atoms with E-state index in [1.54, 1.807) is 0 Å². The Morgan fingerprint density at radius 2 is 0.909 bits per heavy atom. The minimum absolute atomic E-state index is 0.633. The van der Waals surface area contributed by atoms with Crippen molar-refractivity contribution >= 4 is 35.8 Å². The van der Waals surface area contributed by atoms with Crippen molar-refractivity contribution in [2.24, 2.45) is 0 Å². The summed E-state index contributed by atoms with van der Waals surface area (Å²) in [5.41, 5.74) is -2.54. The van der Waals surface area contributed by atoms with Gasteiger partial charge in [-0.05, 0) is 0 Å². The van der Waals surface area contributed by atoms with Crippen LogP contribution < -0.4 is 0 Å². The fourth-order valence-corrected chi connectivity index (χ4v) is 3.53. The van der Waals surface area contributed by atoms with Gasteiger partial charge in [0, 0.05) is 37.4 Å². The summed E-state index contributed by atoms with van der Waals surface area (Å²) in [6, 6.07) is 0. The van der Waals surface area contributed by atoms with Crippen molar-refractivity contribution in [2.75, 3.05) is 52.6 Å². The lowest BCUT2D eigenvalue weighted by molar-refractivity contribution is -0.155. The third kappa shape index (κ3) is 12.1. The van der Waals surface area contributed by atoms with Gasteiger partial charge in [0.2, 0.25) is 0 Å². The molecule has 44 heavy (non-hydrogen) atoms. The maximum absolute atomic E-state index is 13.8. The zero-order chi connectivity index (χ0) is 33.4. The van der Waals surface area contributed by atoms with Gasteiger partial charge in [0.05, 0.1) is 13.1 Å². The van der Waals surface area contributed by atoms with E-state index in [1.165, 1.54) is 0 Å². The number of aliphatic hydroxyl groups excluding tert-OH is 4. The van der Waals surface area contributed by atoms with Crippen LogP contribution in [-0.4, -0.2) is 149 Å². The fourth-order valence-electron chi connectivity index (χ4n) is 3.53. The van der Waals surface area contributed by atoms with Crippen molar-refractivity contribution in [3.05, 3.63) is 50.6 Å². The first-order valence-electron chi connectivity index (χ1n) is 12.9. The van der Waals surface area contributed by atoms with Crippen LogP contribution in [0.3, 0.4) is 0 Å². The van der Waals surface area contributed by atoms with E-state index >= 15 is 0 Å². The predicted octanol–water partition coefficient (Wildman–Crippen LogP) is -3.27. The van der Waals surface area contributed by atoms with Crippen LogP contribution >= 0.6 is 0 Å². The number of hydrogen-bond acceptors (Lipinski definition) is 16. The van der Waals surface area contributed by atoms with Gasteiger partial charge in [0.1, 0.15) is 50.8 Å². The van der Waals surface area contributed by atoms with E-state index in [0.717, 1.165) is 34.1 Å². The van der Waals surface area contributed by atoms with Crippen LogP contribution in [0.2, 0.25) is 0 Å². The normalized spacial score (nSPS) is 17.9. The minimum Gasteiger partial charge on any atom is -0.460 e. The second-order valence-corrected chi connectivity index (χ2v) is 9.10. The molecule has 5 atom stereocenters. The highest BCUT2D eigenvalue weighted by Crippen LogP contribution is 2.36. The lowest BCUT2D eigenvalue weighted by Crippen LogP contribution is -2.59. The van der Waals surface area contributed by atoms with E-state index in [4.69, 9.17) is 23.7 Å². The van der Waals surface area contributed by atoms with Crippen LogP contribution in [0, 0.1) is 0 Å². The first-order chi connectivity index (χ1) is 20.7. The Morgan fingerprint density at radius 1 is 0.636 bits per heavy atom. The number of aliphatic hydroxyl groups is 4. The lowest BCUT2D eigenvalue weighted by Gasteiger charge is -2.34. The van der Waals surface area contributed by atoms with Crippen molar-refractivity contribution < 1.29 is 72.9 Å². The number of amides is 1.